The first-order chi connectivity index (χ1) is 11.2. The molecular weight excluding hydrogens is 292 g/mol. The summed E-state index contributed by atoms with van der Waals surface area (Å²) in [5.74, 6) is 0.138. The molecule has 3 rings (SSSR count). The second kappa shape index (κ2) is 7.19. The Kier molecular flexibility index (Phi) is 4.83. The van der Waals surface area contributed by atoms with Gasteiger partial charge in [0.25, 0.3) is 5.91 Å². The van der Waals surface area contributed by atoms with Crippen LogP contribution in [0.2, 0.25) is 0 Å². The highest BCUT2D eigenvalue weighted by Crippen LogP contribution is 2.20. The van der Waals surface area contributed by atoms with Crippen LogP contribution in [0, 0.1) is 0 Å². The molecule has 1 amide bonds. The van der Waals surface area contributed by atoms with Crippen molar-refractivity contribution in [2.75, 3.05) is 18.1 Å². The number of ether oxygens (including phenoxy) is 1. The molecule has 1 saturated heterocycles. The van der Waals surface area contributed by atoms with Gasteiger partial charge >= 0.3 is 0 Å². The number of nitrogens with zero attached hydrogens (tertiary/aromatic N) is 3. The molecule has 0 bridgehead atoms. The van der Waals surface area contributed by atoms with Crippen LogP contribution in [0.15, 0.2) is 42.7 Å². The number of aromatic nitrogens is 2. The fourth-order valence-electron chi connectivity index (χ4n) is 2.73. The van der Waals surface area contributed by atoms with E-state index in [1.807, 2.05) is 18.2 Å². The first-order valence-electron chi connectivity index (χ1n) is 7.74. The van der Waals surface area contributed by atoms with Crippen LogP contribution in [0.3, 0.4) is 0 Å². The van der Waals surface area contributed by atoms with E-state index in [1.54, 1.807) is 6.07 Å². The number of hydrogen-bond donors (Lipinski definition) is 1. The van der Waals surface area contributed by atoms with Crippen LogP contribution >= 0.6 is 0 Å². The van der Waals surface area contributed by atoms with Crippen LogP contribution in [-0.4, -0.2) is 35.1 Å². The van der Waals surface area contributed by atoms with Gasteiger partial charge in [0.1, 0.15) is 17.8 Å². The van der Waals surface area contributed by atoms with E-state index >= 15 is 0 Å². The van der Waals surface area contributed by atoms with Crippen LogP contribution in [0.1, 0.15) is 28.9 Å². The van der Waals surface area contributed by atoms with Crippen molar-refractivity contribution in [3.8, 4) is 0 Å². The standard InChI is InChI=1S/C17H20N4O2/c18-17(22)15-9-16(20-12-19-15)21(11-14-7-4-8-23-14)10-13-5-2-1-3-6-13/h1-3,5-6,9,12,14H,4,7-8,10-11H2,(H2,18,22). The predicted octanol–water partition coefficient (Wildman–Crippen LogP) is 1.76. The molecular formula is C17H20N4O2. The van der Waals surface area contributed by atoms with Gasteiger partial charge in [-0.2, -0.15) is 0 Å². The summed E-state index contributed by atoms with van der Waals surface area (Å²) in [6.07, 6.45) is 3.69. The highest BCUT2D eigenvalue weighted by molar-refractivity contribution is 5.91. The van der Waals surface area contributed by atoms with E-state index < -0.39 is 5.91 Å². The zero-order valence-corrected chi connectivity index (χ0v) is 12.9. The minimum Gasteiger partial charge on any atom is -0.376 e. The first kappa shape index (κ1) is 15.4. The molecule has 0 spiro atoms. The maximum Gasteiger partial charge on any atom is 0.267 e. The third-order valence-corrected chi connectivity index (χ3v) is 3.89. The molecule has 1 aliphatic heterocycles. The monoisotopic (exact) mass is 312 g/mol. The molecule has 23 heavy (non-hydrogen) atoms. The van der Waals surface area contributed by atoms with E-state index in [4.69, 9.17) is 10.5 Å². The summed E-state index contributed by atoms with van der Waals surface area (Å²) < 4.78 is 5.74. The lowest BCUT2D eigenvalue weighted by molar-refractivity contribution is 0.0995. The topological polar surface area (TPSA) is 81.3 Å². The summed E-state index contributed by atoms with van der Waals surface area (Å²) in [6.45, 7) is 2.22. The summed E-state index contributed by atoms with van der Waals surface area (Å²) in [5, 5.41) is 0. The molecule has 1 fully saturated rings. The van der Waals surface area contributed by atoms with Gasteiger partial charge in [-0.1, -0.05) is 30.3 Å². The third-order valence-electron chi connectivity index (χ3n) is 3.89. The predicted molar refractivity (Wildman–Crippen MR) is 87.0 cm³/mol. The maximum absolute atomic E-state index is 11.4. The van der Waals surface area contributed by atoms with Crippen LogP contribution in [0.5, 0.6) is 0 Å². The second-order valence-electron chi connectivity index (χ2n) is 5.63. The normalized spacial score (nSPS) is 17.1. The van der Waals surface area contributed by atoms with Crippen molar-refractivity contribution in [2.24, 2.45) is 5.73 Å². The molecule has 2 N–H and O–H groups in total. The zero-order chi connectivity index (χ0) is 16.1. The van der Waals surface area contributed by atoms with Crippen molar-refractivity contribution in [3.63, 3.8) is 0 Å². The molecule has 0 saturated carbocycles. The molecule has 120 valence electrons. The quantitative estimate of drug-likeness (QED) is 0.879. The van der Waals surface area contributed by atoms with Crippen LogP contribution in [0.25, 0.3) is 0 Å². The van der Waals surface area contributed by atoms with E-state index in [1.165, 1.54) is 11.9 Å². The second-order valence-corrected chi connectivity index (χ2v) is 5.63. The minimum atomic E-state index is -0.551. The highest BCUT2D eigenvalue weighted by Gasteiger charge is 2.21. The number of anilines is 1. The van der Waals surface area contributed by atoms with Gasteiger partial charge < -0.3 is 15.4 Å². The van der Waals surface area contributed by atoms with Gasteiger partial charge in [-0.25, -0.2) is 9.97 Å². The number of benzene rings is 1. The summed E-state index contributed by atoms with van der Waals surface area (Å²) in [5.41, 5.74) is 6.72. The fraction of sp³-hybridized carbons (Fsp3) is 0.353. The molecule has 0 aliphatic carbocycles. The van der Waals surface area contributed by atoms with Crippen LogP contribution in [-0.2, 0) is 11.3 Å². The van der Waals surface area contributed by atoms with E-state index in [9.17, 15) is 4.79 Å². The average Bonchev–Trinajstić information content (AvgIpc) is 3.08. The Morgan fingerprint density at radius 2 is 2.13 bits per heavy atom. The summed E-state index contributed by atoms with van der Waals surface area (Å²) >= 11 is 0. The molecule has 6 heteroatoms. The van der Waals surface area contributed by atoms with E-state index in [-0.39, 0.29) is 11.8 Å². The number of carbonyl (C=O) groups is 1. The molecule has 1 aromatic heterocycles. The Bertz CT molecular complexity index is 657. The smallest absolute Gasteiger partial charge is 0.267 e. The van der Waals surface area contributed by atoms with Crippen LogP contribution < -0.4 is 10.6 Å². The average molecular weight is 312 g/mol. The SMILES string of the molecule is NC(=O)c1cc(N(Cc2ccccc2)CC2CCCO2)ncn1. The van der Waals surface area contributed by atoms with E-state index in [2.05, 4.69) is 27.0 Å². The van der Waals surface area contributed by atoms with Crippen molar-refractivity contribution in [1.29, 1.82) is 0 Å². The molecule has 6 nitrogen and oxygen atoms in total. The third kappa shape index (κ3) is 4.04. The van der Waals surface area contributed by atoms with Gasteiger partial charge in [0, 0.05) is 25.8 Å². The molecule has 0 radical (unpaired) electrons. The maximum atomic E-state index is 11.4. The Morgan fingerprint density at radius 3 is 2.83 bits per heavy atom. The summed E-state index contributed by atoms with van der Waals surface area (Å²) in [7, 11) is 0. The lowest BCUT2D eigenvalue weighted by Gasteiger charge is -2.26. The highest BCUT2D eigenvalue weighted by atomic mass is 16.5. The molecule has 1 atom stereocenters. The number of primary amides is 1. The zero-order valence-electron chi connectivity index (χ0n) is 12.9. The number of hydrogen-bond acceptors (Lipinski definition) is 5. The van der Waals surface area contributed by atoms with Gasteiger partial charge in [0.05, 0.1) is 6.10 Å². The van der Waals surface area contributed by atoms with Crippen molar-refractivity contribution in [3.05, 3.63) is 54.0 Å². The Balaban J connectivity index is 1.84. The molecule has 2 heterocycles. The van der Waals surface area contributed by atoms with E-state index in [0.717, 1.165) is 26.0 Å². The largest absolute Gasteiger partial charge is 0.376 e. The van der Waals surface area contributed by atoms with Gasteiger partial charge in [0.15, 0.2) is 0 Å². The Labute approximate surface area is 135 Å². The molecule has 1 unspecified atom stereocenters. The fourth-order valence-corrected chi connectivity index (χ4v) is 2.73. The van der Waals surface area contributed by atoms with Gasteiger partial charge in [-0.15, -0.1) is 0 Å². The van der Waals surface area contributed by atoms with Gasteiger partial charge in [0.2, 0.25) is 0 Å². The summed E-state index contributed by atoms with van der Waals surface area (Å²) in [4.78, 5) is 21.7. The number of nitrogens with two attached hydrogens (primary N) is 1. The number of amides is 1. The van der Waals surface area contributed by atoms with Crippen molar-refractivity contribution < 1.29 is 9.53 Å². The molecule has 2 aromatic rings. The number of carbonyl (C=O) groups excluding carboxylic acids is 1. The van der Waals surface area contributed by atoms with Gasteiger partial charge in [-0.3, -0.25) is 4.79 Å². The summed E-state index contributed by atoms with van der Waals surface area (Å²) in [6, 6.07) is 11.8. The minimum absolute atomic E-state index is 0.186. The van der Waals surface area contributed by atoms with Crippen molar-refractivity contribution in [1.82, 2.24) is 9.97 Å². The Morgan fingerprint density at radius 1 is 1.30 bits per heavy atom. The molecule has 1 aliphatic rings. The van der Waals surface area contributed by atoms with Crippen molar-refractivity contribution >= 4 is 11.7 Å². The lowest BCUT2D eigenvalue weighted by atomic mass is 10.2. The number of rotatable bonds is 6. The van der Waals surface area contributed by atoms with Crippen LogP contribution in [0.4, 0.5) is 5.82 Å². The lowest BCUT2D eigenvalue weighted by Crippen LogP contribution is -2.32. The Hall–Kier alpha value is -2.47. The van der Waals surface area contributed by atoms with Crippen molar-refractivity contribution in [2.45, 2.75) is 25.5 Å². The van der Waals surface area contributed by atoms with E-state index in [0.29, 0.717) is 12.4 Å². The molecule has 1 aromatic carbocycles. The van der Waals surface area contributed by atoms with Gasteiger partial charge in [-0.05, 0) is 18.4 Å². The first-order valence-corrected chi connectivity index (χ1v) is 7.74.